The molecule has 2 aromatic rings. The molecule has 1 aliphatic rings. The van der Waals surface area contributed by atoms with Crippen LogP contribution in [-0.2, 0) is 9.53 Å². The van der Waals surface area contributed by atoms with Crippen molar-refractivity contribution in [2.45, 2.75) is 39.2 Å². The Morgan fingerprint density at radius 2 is 2.04 bits per heavy atom. The van der Waals surface area contributed by atoms with Gasteiger partial charge in [-0.1, -0.05) is 36.8 Å². The van der Waals surface area contributed by atoms with Gasteiger partial charge in [0.1, 0.15) is 4.88 Å². The van der Waals surface area contributed by atoms with Crippen LogP contribution in [0.25, 0.3) is 10.4 Å². The lowest BCUT2D eigenvalue weighted by atomic mass is 10.0. The first kappa shape index (κ1) is 19.6. The van der Waals surface area contributed by atoms with Crippen LogP contribution in [0.1, 0.15) is 42.8 Å². The van der Waals surface area contributed by atoms with E-state index in [0.717, 1.165) is 29.8 Å². The van der Waals surface area contributed by atoms with Crippen molar-refractivity contribution in [2.75, 3.05) is 25.0 Å². The van der Waals surface area contributed by atoms with E-state index in [4.69, 9.17) is 4.74 Å². The second-order valence-corrected chi connectivity index (χ2v) is 7.86. The number of carbonyl (C=O) groups excluding carboxylic acids is 2. The van der Waals surface area contributed by atoms with Crippen molar-refractivity contribution >= 4 is 28.9 Å². The molecule has 1 amide bonds. The lowest BCUT2D eigenvalue weighted by Gasteiger charge is -2.32. The number of nitrogens with one attached hydrogen (secondary N) is 1. The maximum absolute atomic E-state index is 12.6. The largest absolute Gasteiger partial charge is 0.462 e. The molecule has 1 N–H and O–H groups in total. The molecule has 0 saturated carbocycles. The van der Waals surface area contributed by atoms with Crippen molar-refractivity contribution < 1.29 is 14.3 Å². The number of thiophene rings is 1. The summed E-state index contributed by atoms with van der Waals surface area (Å²) in [5.41, 5.74) is 1.55. The summed E-state index contributed by atoms with van der Waals surface area (Å²) >= 11 is 1.35. The van der Waals surface area contributed by atoms with Crippen LogP contribution in [-0.4, -0.2) is 42.5 Å². The molecule has 3 rings (SSSR count). The first-order chi connectivity index (χ1) is 13.1. The van der Waals surface area contributed by atoms with Gasteiger partial charge in [0.15, 0.2) is 0 Å². The first-order valence-electron chi connectivity index (χ1n) is 9.48. The number of benzene rings is 1. The smallest absolute Gasteiger partial charge is 0.350 e. The summed E-state index contributed by atoms with van der Waals surface area (Å²) in [6, 6.07) is 12.1. The number of hydrogen-bond acceptors (Lipinski definition) is 5. The minimum Gasteiger partial charge on any atom is -0.462 e. The molecule has 0 aliphatic carbocycles. The molecule has 0 spiro atoms. The minimum atomic E-state index is -0.397. The minimum absolute atomic E-state index is 0.0910. The topological polar surface area (TPSA) is 58.6 Å². The zero-order chi connectivity index (χ0) is 19.2. The van der Waals surface area contributed by atoms with Gasteiger partial charge in [-0.3, -0.25) is 9.69 Å². The highest BCUT2D eigenvalue weighted by Gasteiger charge is 2.23. The van der Waals surface area contributed by atoms with Gasteiger partial charge in [0, 0.05) is 10.9 Å². The van der Waals surface area contributed by atoms with Crippen LogP contribution >= 0.6 is 11.3 Å². The molecule has 1 unspecified atom stereocenters. The van der Waals surface area contributed by atoms with Crippen molar-refractivity contribution in [3.63, 3.8) is 0 Å². The number of esters is 1. The Morgan fingerprint density at radius 1 is 1.26 bits per heavy atom. The maximum Gasteiger partial charge on any atom is 0.350 e. The molecule has 1 saturated heterocycles. The fourth-order valence-electron chi connectivity index (χ4n) is 3.34. The van der Waals surface area contributed by atoms with Crippen molar-refractivity contribution in [1.29, 1.82) is 0 Å². The van der Waals surface area contributed by atoms with E-state index in [2.05, 4.69) is 17.1 Å². The van der Waals surface area contributed by atoms with E-state index >= 15 is 0 Å². The number of likely N-dealkylation sites (tertiary alicyclic amines) is 1. The highest BCUT2D eigenvalue weighted by molar-refractivity contribution is 7.18. The number of hydrogen-bond donors (Lipinski definition) is 1. The van der Waals surface area contributed by atoms with Gasteiger partial charge >= 0.3 is 5.97 Å². The molecule has 2 heterocycles. The van der Waals surface area contributed by atoms with Gasteiger partial charge in [0.05, 0.1) is 18.8 Å². The number of piperidine rings is 1. The van der Waals surface area contributed by atoms with Crippen molar-refractivity contribution in [3.8, 4) is 10.4 Å². The lowest BCUT2D eigenvalue weighted by molar-refractivity contribution is -0.118. The summed E-state index contributed by atoms with van der Waals surface area (Å²) < 4.78 is 5.18. The SMILES string of the molecule is CCOC(=O)c1sc(-c2ccccc2)cc1NC(=O)CN1CCCCC1C. The van der Waals surface area contributed by atoms with Gasteiger partial charge in [-0.05, 0) is 44.9 Å². The Balaban J connectivity index is 1.79. The number of amides is 1. The monoisotopic (exact) mass is 386 g/mol. The molecule has 1 atom stereocenters. The molecular weight excluding hydrogens is 360 g/mol. The third kappa shape index (κ3) is 4.96. The van der Waals surface area contributed by atoms with Gasteiger partial charge in [-0.2, -0.15) is 0 Å². The molecule has 1 aromatic heterocycles. The normalized spacial score (nSPS) is 17.5. The molecule has 0 bridgehead atoms. The van der Waals surface area contributed by atoms with Gasteiger partial charge in [-0.15, -0.1) is 11.3 Å². The number of nitrogens with zero attached hydrogens (tertiary/aromatic N) is 1. The Kier molecular flexibility index (Phi) is 6.63. The van der Waals surface area contributed by atoms with E-state index in [-0.39, 0.29) is 5.91 Å². The average Bonchev–Trinajstić information content (AvgIpc) is 3.08. The molecule has 1 fully saturated rings. The summed E-state index contributed by atoms with van der Waals surface area (Å²) in [6.45, 7) is 5.53. The summed E-state index contributed by atoms with van der Waals surface area (Å²) in [5, 5.41) is 2.94. The summed E-state index contributed by atoms with van der Waals surface area (Å²) in [5.74, 6) is -0.488. The first-order valence-corrected chi connectivity index (χ1v) is 10.3. The average molecular weight is 387 g/mol. The van der Waals surface area contributed by atoms with Crippen molar-refractivity contribution in [1.82, 2.24) is 4.90 Å². The quantitative estimate of drug-likeness (QED) is 0.748. The molecular formula is C21H26N2O3S. The number of anilines is 1. The molecule has 1 aromatic carbocycles. The third-order valence-corrected chi connectivity index (χ3v) is 5.98. The predicted molar refractivity (Wildman–Crippen MR) is 109 cm³/mol. The van der Waals surface area contributed by atoms with Gasteiger partial charge in [0.25, 0.3) is 0 Å². The van der Waals surface area contributed by atoms with E-state index in [9.17, 15) is 9.59 Å². The molecule has 5 nitrogen and oxygen atoms in total. The maximum atomic E-state index is 12.6. The van der Waals surface area contributed by atoms with Crippen LogP contribution in [0.15, 0.2) is 36.4 Å². The summed E-state index contributed by atoms with van der Waals surface area (Å²) in [7, 11) is 0. The van der Waals surface area contributed by atoms with Crippen LogP contribution in [0.5, 0.6) is 0 Å². The fourth-order valence-corrected chi connectivity index (χ4v) is 4.36. The third-order valence-electron chi connectivity index (χ3n) is 4.81. The highest BCUT2D eigenvalue weighted by Crippen LogP contribution is 2.35. The Hall–Kier alpha value is -2.18. The summed E-state index contributed by atoms with van der Waals surface area (Å²) in [6.07, 6.45) is 3.47. The molecule has 144 valence electrons. The van der Waals surface area contributed by atoms with Gasteiger partial charge < -0.3 is 10.1 Å². The Morgan fingerprint density at radius 3 is 2.74 bits per heavy atom. The molecule has 6 heteroatoms. The Labute approximate surface area is 164 Å². The Bertz CT molecular complexity index is 788. The molecule has 0 radical (unpaired) electrons. The summed E-state index contributed by atoms with van der Waals surface area (Å²) in [4.78, 5) is 28.5. The van der Waals surface area contributed by atoms with E-state index < -0.39 is 5.97 Å². The second kappa shape index (κ2) is 9.15. The zero-order valence-corrected chi connectivity index (χ0v) is 16.7. The van der Waals surface area contributed by atoms with Crippen LogP contribution in [0.3, 0.4) is 0 Å². The standard InChI is InChI=1S/C21H26N2O3S/c1-3-26-21(25)20-17(13-18(27-20)16-10-5-4-6-11-16)22-19(24)14-23-12-8-7-9-15(23)2/h4-6,10-11,13,15H,3,7-9,12,14H2,1-2H3,(H,22,24). The van der Waals surface area contributed by atoms with Crippen LogP contribution in [0.2, 0.25) is 0 Å². The molecule has 27 heavy (non-hydrogen) atoms. The van der Waals surface area contributed by atoms with E-state index in [1.54, 1.807) is 6.92 Å². The molecule has 1 aliphatic heterocycles. The number of carbonyl (C=O) groups is 2. The second-order valence-electron chi connectivity index (χ2n) is 6.80. The van der Waals surface area contributed by atoms with Crippen molar-refractivity contribution in [2.24, 2.45) is 0 Å². The van der Waals surface area contributed by atoms with Gasteiger partial charge in [0.2, 0.25) is 5.91 Å². The highest BCUT2D eigenvalue weighted by atomic mass is 32.1. The number of ether oxygens (including phenoxy) is 1. The van der Waals surface area contributed by atoms with Crippen molar-refractivity contribution in [3.05, 3.63) is 41.3 Å². The van der Waals surface area contributed by atoms with E-state index in [0.29, 0.717) is 29.8 Å². The van der Waals surface area contributed by atoms with E-state index in [1.165, 1.54) is 17.8 Å². The zero-order valence-electron chi connectivity index (χ0n) is 15.9. The van der Waals surface area contributed by atoms with E-state index in [1.807, 2.05) is 36.4 Å². The van der Waals surface area contributed by atoms with Crippen LogP contribution in [0.4, 0.5) is 5.69 Å². The predicted octanol–water partition coefficient (Wildman–Crippen LogP) is 4.40. The van der Waals surface area contributed by atoms with Crippen LogP contribution in [0, 0.1) is 0 Å². The number of rotatable bonds is 6. The fraction of sp³-hybridized carbons (Fsp3) is 0.429. The van der Waals surface area contributed by atoms with Gasteiger partial charge in [-0.25, -0.2) is 4.79 Å². The van der Waals surface area contributed by atoms with Crippen LogP contribution < -0.4 is 5.32 Å². The lowest BCUT2D eigenvalue weighted by Crippen LogP contribution is -2.42.